The van der Waals surface area contributed by atoms with E-state index in [1.54, 1.807) is 0 Å². The van der Waals surface area contributed by atoms with Crippen molar-refractivity contribution in [3.8, 4) is 0 Å². The van der Waals surface area contributed by atoms with Crippen LogP contribution in [0.4, 0.5) is 5.69 Å². The molecule has 0 radical (unpaired) electrons. The van der Waals surface area contributed by atoms with Crippen molar-refractivity contribution in [1.82, 2.24) is 0 Å². The zero-order chi connectivity index (χ0) is 14.4. The first-order valence-corrected chi connectivity index (χ1v) is 6.60. The van der Waals surface area contributed by atoms with Crippen molar-refractivity contribution in [2.24, 2.45) is 0 Å². The smallest absolute Gasteiger partial charge is 0.309 e. The molecule has 3 nitrogen and oxygen atoms in total. The molecule has 0 atom stereocenters. The van der Waals surface area contributed by atoms with Gasteiger partial charge in [0.2, 0.25) is 0 Å². The fourth-order valence-electron chi connectivity index (χ4n) is 2.14. The van der Waals surface area contributed by atoms with Crippen LogP contribution in [0.25, 0.3) is 0 Å². The van der Waals surface area contributed by atoms with Crippen LogP contribution in [-0.4, -0.2) is 20.1 Å². The van der Waals surface area contributed by atoms with Crippen LogP contribution in [0.5, 0.6) is 0 Å². The second-order valence-corrected chi connectivity index (χ2v) is 4.71. The van der Waals surface area contributed by atoms with Crippen LogP contribution in [0, 0.1) is 0 Å². The van der Waals surface area contributed by atoms with Crippen LogP contribution < -0.4 is 4.90 Å². The van der Waals surface area contributed by atoms with Gasteiger partial charge in [-0.1, -0.05) is 42.5 Å². The van der Waals surface area contributed by atoms with Crippen LogP contribution in [0.3, 0.4) is 0 Å². The number of anilines is 1. The average molecular weight is 269 g/mol. The highest BCUT2D eigenvalue weighted by atomic mass is 16.5. The van der Waals surface area contributed by atoms with Gasteiger partial charge in [-0.25, -0.2) is 0 Å². The Morgan fingerprint density at radius 2 is 1.60 bits per heavy atom. The normalized spacial score (nSPS) is 10.1. The van der Waals surface area contributed by atoms with Gasteiger partial charge in [0.25, 0.3) is 0 Å². The van der Waals surface area contributed by atoms with E-state index in [2.05, 4.69) is 23.1 Å². The molecule has 0 amide bonds. The van der Waals surface area contributed by atoms with Gasteiger partial charge in [-0.3, -0.25) is 4.79 Å². The molecule has 0 aliphatic rings. The molecule has 0 saturated carbocycles. The molecular weight excluding hydrogens is 250 g/mol. The van der Waals surface area contributed by atoms with Gasteiger partial charge in [0, 0.05) is 19.3 Å². The Kier molecular flexibility index (Phi) is 4.77. The summed E-state index contributed by atoms with van der Waals surface area (Å²) in [5.41, 5.74) is 3.31. The van der Waals surface area contributed by atoms with Crippen molar-refractivity contribution in [2.75, 3.05) is 19.1 Å². The van der Waals surface area contributed by atoms with E-state index in [0.717, 1.165) is 23.4 Å². The molecule has 0 bridgehead atoms. The fraction of sp³-hybridized carbons (Fsp3) is 0.235. The molecule has 0 aliphatic heterocycles. The molecule has 0 N–H and O–H groups in total. The Hall–Kier alpha value is -2.29. The second-order valence-electron chi connectivity index (χ2n) is 4.71. The maximum absolute atomic E-state index is 11.5. The number of carbonyl (C=O) groups is 1. The third-order valence-corrected chi connectivity index (χ3v) is 3.29. The molecule has 2 aromatic rings. The first-order chi connectivity index (χ1) is 9.70. The Bertz CT molecular complexity index is 566. The summed E-state index contributed by atoms with van der Waals surface area (Å²) in [5, 5.41) is 0. The van der Waals surface area contributed by atoms with Crippen molar-refractivity contribution in [1.29, 1.82) is 0 Å². The number of ether oxygens (including phenoxy) is 1. The number of hydrogen-bond acceptors (Lipinski definition) is 3. The maximum Gasteiger partial charge on any atom is 0.309 e. The number of benzene rings is 2. The molecule has 0 aromatic heterocycles. The topological polar surface area (TPSA) is 29.5 Å². The molecule has 2 rings (SSSR count). The molecule has 104 valence electrons. The van der Waals surface area contributed by atoms with Crippen molar-refractivity contribution in [3.05, 3.63) is 65.7 Å². The predicted molar refractivity (Wildman–Crippen MR) is 80.7 cm³/mol. The second kappa shape index (κ2) is 6.75. The molecule has 0 unspecified atom stereocenters. The van der Waals surface area contributed by atoms with Crippen molar-refractivity contribution in [2.45, 2.75) is 13.0 Å². The lowest BCUT2D eigenvalue weighted by Gasteiger charge is -2.21. The zero-order valence-corrected chi connectivity index (χ0v) is 11.9. The zero-order valence-electron chi connectivity index (χ0n) is 11.9. The maximum atomic E-state index is 11.5. The summed E-state index contributed by atoms with van der Waals surface area (Å²) in [7, 11) is 3.46. The number of esters is 1. The Morgan fingerprint density at radius 1 is 1.00 bits per heavy atom. The average Bonchev–Trinajstić information content (AvgIpc) is 2.50. The minimum Gasteiger partial charge on any atom is -0.469 e. The summed E-state index contributed by atoms with van der Waals surface area (Å²) in [6, 6.07) is 18.2. The van der Waals surface area contributed by atoms with Gasteiger partial charge in [0.1, 0.15) is 0 Å². The summed E-state index contributed by atoms with van der Waals surface area (Å²) >= 11 is 0. The first-order valence-electron chi connectivity index (χ1n) is 6.60. The number of methoxy groups -OCH3 is 1. The van der Waals surface area contributed by atoms with E-state index in [9.17, 15) is 4.79 Å². The summed E-state index contributed by atoms with van der Waals surface area (Å²) in [6.45, 7) is 0.761. The van der Waals surface area contributed by atoms with Crippen LogP contribution in [0.2, 0.25) is 0 Å². The molecule has 3 heteroatoms. The molecule has 0 fully saturated rings. The molecule has 0 aliphatic carbocycles. The monoisotopic (exact) mass is 269 g/mol. The van der Waals surface area contributed by atoms with Crippen LogP contribution in [0.1, 0.15) is 11.1 Å². The van der Waals surface area contributed by atoms with Gasteiger partial charge in [-0.2, -0.15) is 0 Å². The summed E-state index contributed by atoms with van der Waals surface area (Å²) in [5.74, 6) is -0.209. The van der Waals surface area contributed by atoms with E-state index in [1.807, 2.05) is 43.4 Å². The molecule has 0 spiro atoms. The van der Waals surface area contributed by atoms with Gasteiger partial charge in [-0.05, 0) is 23.3 Å². The number of carbonyl (C=O) groups excluding carboxylic acids is 1. The first kappa shape index (κ1) is 14.1. The Morgan fingerprint density at radius 3 is 2.25 bits per heavy atom. The van der Waals surface area contributed by atoms with Gasteiger partial charge < -0.3 is 9.64 Å². The SMILES string of the molecule is COC(=O)Cc1ccccc1CN(C)c1ccccc1. The minimum atomic E-state index is -0.209. The Labute approximate surface area is 119 Å². The van der Waals surface area contributed by atoms with Gasteiger partial charge >= 0.3 is 5.97 Å². The van der Waals surface area contributed by atoms with E-state index in [0.29, 0.717) is 6.42 Å². The molecule has 0 heterocycles. The van der Waals surface area contributed by atoms with Crippen molar-refractivity contribution >= 4 is 11.7 Å². The molecule has 20 heavy (non-hydrogen) atoms. The lowest BCUT2D eigenvalue weighted by Crippen LogP contribution is -2.18. The lowest BCUT2D eigenvalue weighted by atomic mass is 10.0. The van der Waals surface area contributed by atoms with Crippen molar-refractivity contribution < 1.29 is 9.53 Å². The number of para-hydroxylation sites is 1. The lowest BCUT2D eigenvalue weighted by molar-refractivity contribution is -0.139. The standard InChI is InChI=1S/C17H19NO2/c1-18(16-10-4-3-5-11-16)13-15-9-7-6-8-14(15)12-17(19)20-2/h3-11H,12-13H2,1-2H3. The predicted octanol–water partition coefficient (Wildman–Crippen LogP) is 3.04. The largest absolute Gasteiger partial charge is 0.469 e. The number of rotatable bonds is 5. The highest BCUT2D eigenvalue weighted by Crippen LogP contribution is 2.17. The minimum absolute atomic E-state index is 0.209. The molecule has 0 saturated heterocycles. The van der Waals surface area contributed by atoms with Gasteiger partial charge in [-0.15, -0.1) is 0 Å². The van der Waals surface area contributed by atoms with E-state index in [1.165, 1.54) is 7.11 Å². The molecule has 2 aromatic carbocycles. The van der Waals surface area contributed by atoms with E-state index in [-0.39, 0.29) is 5.97 Å². The summed E-state index contributed by atoms with van der Waals surface area (Å²) < 4.78 is 4.75. The van der Waals surface area contributed by atoms with Crippen molar-refractivity contribution in [3.63, 3.8) is 0 Å². The summed E-state index contributed by atoms with van der Waals surface area (Å²) in [6.07, 6.45) is 0.315. The van der Waals surface area contributed by atoms with E-state index >= 15 is 0 Å². The third-order valence-electron chi connectivity index (χ3n) is 3.29. The van der Waals surface area contributed by atoms with Gasteiger partial charge in [0.05, 0.1) is 13.5 Å². The van der Waals surface area contributed by atoms with Crippen LogP contribution in [0.15, 0.2) is 54.6 Å². The Balaban J connectivity index is 2.15. The van der Waals surface area contributed by atoms with Crippen LogP contribution in [-0.2, 0) is 22.5 Å². The van der Waals surface area contributed by atoms with E-state index in [4.69, 9.17) is 4.74 Å². The number of hydrogen-bond donors (Lipinski definition) is 0. The van der Waals surface area contributed by atoms with E-state index < -0.39 is 0 Å². The van der Waals surface area contributed by atoms with Gasteiger partial charge in [0.15, 0.2) is 0 Å². The fourth-order valence-corrected chi connectivity index (χ4v) is 2.14. The highest BCUT2D eigenvalue weighted by molar-refractivity contribution is 5.73. The summed E-state index contributed by atoms with van der Waals surface area (Å²) in [4.78, 5) is 13.6. The third kappa shape index (κ3) is 3.60. The van der Waals surface area contributed by atoms with Crippen LogP contribution >= 0.6 is 0 Å². The highest BCUT2D eigenvalue weighted by Gasteiger charge is 2.09. The quantitative estimate of drug-likeness (QED) is 0.781. The number of nitrogens with zero attached hydrogens (tertiary/aromatic N) is 1. The molecular formula is C17H19NO2.